The number of carboxylic acids is 1. The van der Waals surface area contributed by atoms with E-state index in [1.807, 2.05) is 13.8 Å². The summed E-state index contributed by atoms with van der Waals surface area (Å²) in [5, 5.41) is 11.0. The first-order valence-corrected chi connectivity index (χ1v) is 5.96. The van der Waals surface area contributed by atoms with Crippen molar-refractivity contribution >= 4 is 23.6 Å². The van der Waals surface area contributed by atoms with Crippen LogP contribution in [0.3, 0.4) is 0 Å². The van der Waals surface area contributed by atoms with E-state index in [0.717, 1.165) is 10.7 Å². The number of amides is 1. The van der Waals surface area contributed by atoms with Crippen LogP contribution in [-0.2, 0) is 9.59 Å². The molecule has 0 spiro atoms. The number of carbonyl (C=O) groups is 2. The van der Waals surface area contributed by atoms with Gasteiger partial charge in [0.05, 0.1) is 23.6 Å². The van der Waals surface area contributed by atoms with Crippen molar-refractivity contribution in [3.63, 3.8) is 0 Å². The molecule has 2 rings (SSSR count). The van der Waals surface area contributed by atoms with E-state index in [-0.39, 0.29) is 53.1 Å². The molecule has 2 aliphatic rings. The summed E-state index contributed by atoms with van der Waals surface area (Å²) in [5.74, 6) is -0.552. The van der Waals surface area contributed by atoms with Crippen LogP contribution >= 0.6 is 11.8 Å². The summed E-state index contributed by atoms with van der Waals surface area (Å²) >= 11 is 1.49. The normalized spacial score (nSPS) is 27.4. The summed E-state index contributed by atoms with van der Waals surface area (Å²) in [6.07, 6.45) is 0.675. The number of carbonyl (C=O) groups excluding carboxylic acids is 2. The fourth-order valence-electron chi connectivity index (χ4n) is 2.17. The summed E-state index contributed by atoms with van der Waals surface area (Å²) in [4.78, 5) is 24.6. The second-order valence-electron chi connectivity index (χ2n) is 3.76. The topological polar surface area (TPSA) is 60.4 Å². The van der Waals surface area contributed by atoms with Crippen LogP contribution in [0.2, 0.25) is 0 Å². The molecule has 0 aromatic heterocycles. The molecule has 1 saturated heterocycles. The molecule has 0 aromatic carbocycles. The molecule has 0 aliphatic carbocycles. The number of rotatable bonds is 3. The molecule has 16 heavy (non-hydrogen) atoms. The molecule has 0 N–H and O–H groups in total. The first-order valence-electron chi connectivity index (χ1n) is 4.98. The molecular formula is C10H12NNaO3S. The zero-order valence-corrected chi connectivity index (χ0v) is 12.5. The molecular weight excluding hydrogens is 237 g/mol. The van der Waals surface area contributed by atoms with Crippen molar-refractivity contribution in [3.05, 3.63) is 10.6 Å². The number of hydrogen-bond acceptors (Lipinski definition) is 4. The van der Waals surface area contributed by atoms with Gasteiger partial charge in [-0.1, -0.05) is 13.8 Å². The summed E-state index contributed by atoms with van der Waals surface area (Å²) in [5.41, 5.74) is 0.106. The van der Waals surface area contributed by atoms with Crippen molar-refractivity contribution in [1.82, 2.24) is 4.90 Å². The van der Waals surface area contributed by atoms with Gasteiger partial charge in [-0.2, -0.15) is 0 Å². The number of thioether (sulfide) groups is 1. The van der Waals surface area contributed by atoms with Gasteiger partial charge >= 0.3 is 29.6 Å². The van der Waals surface area contributed by atoms with Gasteiger partial charge < -0.3 is 14.8 Å². The van der Waals surface area contributed by atoms with Gasteiger partial charge in [0, 0.05) is 11.3 Å². The maximum absolute atomic E-state index is 11.5. The summed E-state index contributed by atoms with van der Waals surface area (Å²) in [7, 11) is 0. The fourth-order valence-corrected chi connectivity index (χ4v) is 3.12. The van der Waals surface area contributed by atoms with Crippen molar-refractivity contribution in [1.29, 1.82) is 0 Å². The molecule has 0 saturated carbocycles. The zero-order chi connectivity index (χ0) is 11.2. The average molecular weight is 249 g/mol. The van der Waals surface area contributed by atoms with Crippen LogP contribution in [0.25, 0.3) is 0 Å². The van der Waals surface area contributed by atoms with E-state index in [2.05, 4.69) is 0 Å². The molecule has 4 nitrogen and oxygen atoms in total. The van der Waals surface area contributed by atoms with E-state index in [4.69, 9.17) is 0 Å². The smallest absolute Gasteiger partial charge is 0.543 e. The standard InChI is InChI=1S/C10H13NO3S.Na/c1-3-15-7-4-6-5(2)9(12)11(6)8(7)10(13)14;/h5-6H,3-4H2,1-2H3,(H,13,14);/q;+1/p-1/t5-,6?;/m0./s1. The van der Waals surface area contributed by atoms with Crippen LogP contribution in [-0.4, -0.2) is 28.6 Å². The molecule has 2 aliphatic heterocycles. The van der Waals surface area contributed by atoms with Crippen LogP contribution in [0.1, 0.15) is 20.3 Å². The Labute approximate surface area is 121 Å². The Morgan fingerprint density at radius 3 is 2.75 bits per heavy atom. The van der Waals surface area contributed by atoms with Gasteiger partial charge in [-0.05, 0) is 5.75 Å². The van der Waals surface area contributed by atoms with Crippen molar-refractivity contribution in [2.75, 3.05) is 5.75 Å². The molecule has 0 aromatic rings. The number of fused-ring (bicyclic) bond motifs is 1. The molecule has 1 amide bonds. The monoisotopic (exact) mass is 249 g/mol. The van der Waals surface area contributed by atoms with Gasteiger partial charge in [0.15, 0.2) is 0 Å². The molecule has 2 atom stereocenters. The summed E-state index contributed by atoms with van der Waals surface area (Å²) in [6, 6.07) is 0.0550. The Hall–Kier alpha value is 0.0300. The van der Waals surface area contributed by atoms with Gasteiger partial charge in [-0.15, -0.1) is 11.8 Å². The van der Waals surface area contributed by atoms with Gasteiger partial charge in [-0.25, -0.2) is 0 Å². The summed E-state index contributed by atoms with van der Waals surface area (Å²) < 4.78 is 0. The minimum atomic E-state index is -1.23. The third-order valence-corrected chi connectivity index (χ3v) is 3.94. The van der Waals surface area contributed by atoms with Crippen molar-refractivity contribution in [3.8, 4) is 0 Å². The van der Waals surface area contributed by atoms with Crippen LogP contribution in [0, 0.1) is 5.92 Å². The SMILES string of the molecule is CCSC1=C(C(=O)[O-])N2C(=O)[C@@H](C)C2C1.[Na+]. The zero-order valence-electron chi connectivity index (χ0n) is 9.65. The Balaban J connectivity index is 0.00000128. The Kier molecular flexibility index (Phi) is 4.51. The second kappa shape index (κ2) is 5.12. The maximum atomic E-state index is 11.5. The van der Waals surface area contributed by atoms with Crippen molar-refractivity contribution < 1.29 is 44.3 Å². The van der Waals surface area contributed by atoms with Crippen LogP contribution in [0.15, 0.2) is 10.6 Å². The Bertz CT molecular complexity index is 369. The largest absolute Gasteiger partial charge is 1.00 e. The number of hydrogen-bond donors (Lipinski definition) is 0. The molecule has 1 fully saturated rings. The quantitative estimate of drug-likeness (QED) is 0.394. The number of aliphatic carboxylic acids is 1. The second-order valence-corrected chi connectivity index (χ2v) is 5.12. The predicted molar refractivity (Wildman–Crippen MR) is 54.6 cm³/mol. The van der Waals surface area contributed by atoms with E-state index in [1.54, 1.807) is 0 Å². The Morgan fingerprint density at radius 2 is 2.25 bits per heavy atom. The number of β-lactam (4-membered cyclic amide) rings is 1. The van der Waals surface area contributed by atoms with E-state index >= 15 is 0 Å². The molecule has 2 heterocycles. The van der Waals surface area contributed by atoms with Gasteiger partial charge in [-0.3, -0.25) is 4.79 Å². The Morgan fingerprint density at radius 1 is 1.62 bits per heavy atom. The van der Waals surface area contributed by atoms with Crippen LogP contribution in [0.4, 0.5) is 0 Å². The van der Waals surface area contributed by atoms with Crippen LogP contribution in [0.5, 0.6) is 0 Å². The molecule has 0 radical (unpaired) electrons. The van der Waals surface area contributed by atoms with E-state index < -0.39 is 5.97 Å². The predicted octanol–water partition coefficient (Wildman–Crippen LogP) is -3.04. The number of carboxylic acid groups (broad SMARTS) is 1. The molecule has 6 heteroatoms. The average Bonchev–Trinajstić information content (AvgIpc) is 2.54. The minimum absolute atomic E-state index is 0. The first kappa shape index (κ1) is 14.1. The first-order chi connectivity index (χ1) is 7.07. The van der Waals surface area contributed by atoms with E-state index in [9.17, 15) is 14.7 Å². The third-order valence-electron chi connectivity index (χ3n) is 2.95. The van der Waals surface area contributed by atoms with E-state index in [0.29, 0.717) is 6.42 Å². The third kappa shape index (κ3) is 1.94. The van der Waals surface area contributed by atoms with Crippen molar-refractivity contribution in [2.45, 2.75) is 26.3 Å². The van der Waals surface area contributed by atoms with Gasteiger partial charge in [0.2, 0.25) is 5.91 Å². The maximum Gasteiger partial charge on any atom is 1.00 e. The minimum Gasteiger partial charge on any atom is -0.543 e. The fraction of sp³-hybridized carbons (Fsp3) is 0.600. The molecule has 82 valence electrons. The van der Waals surface area contributed by atoms with Crippen molar-refractivity contribution in [2.24, 2.45) is 5.92 Å². The van der Waals surface area contributed by atoms with Gasteiger partial charge in [0.25, 0.3) is 0 Å². The van der Waals surface area contributed by atoms with E-state index in [1.165, 1.54) is 16.7 Å². The molecule has 0 bridgehead atoms. The van der Waals surface area contributed by atoms with Gasteiger partial charge in [0.1, 0.15) is 0 Å². The molecule has 1 unspecified atom stereocenters. The van der Waals surface area contributed by atoms with Crippen LogP contribution < -0.4 is 34.7 Å². The summed E-state index contributed by atoms with van der Waals surface area (Å²) in [6.45, 7) is 3.81. The number of nitrogens with zero attached hydrogens (tertiary/aromatic N) is 1.